The molecule has 0 fully saturated rings. The van der Waals surface area contributed by atoms with Crippen molar-refractivity contribution in [1.29, 1.82) is 0 Å². The Kier molecular flexibility index (Phi) is 8.30. The molecule has 0 amide bonds. The van der Waals surface area contributed by atoms with Gasteiger partial charge >= 0.3 is 0 Å². The van der Waals surface area contributed by atoms with Crippen LogP contribution in [0, 0.1) is 5.92 Å². The van der Waals surface area contributed by atoms with E-state index in [1.165, 1.54) is 12.8 Å². The first kappa shape index (κ1) is 14.4. The zero-order valence-corrected chi connectivity index (χ0v) is 10.9. The van der Waals surface area contributed by atoms with Crippen LogP contribution in [0.4, 0.5) is 0 Å². The summed E-state index contributed by atoms with van der Waals surface area (Å²) in [7, 11) is 1.66. The van der Waals surface area contributed by atoms with Crippen molar-refractivity contribution in [3.05, 3.63) is 36.0 Å². The summed E-state index contributed by atoms with van der Waals surface area (Å²) in [6, 6.07) is 0. The van der Waals surface area contributed by atoms with Crippen LogP contribution >= 0.6 is 11.8 Å². The molecule has 1 nitrogen and oxygen atoms in total. The van der Waals surface area contributed by atoms with Crippen molar-refractivity contribution in [2.45, 2.75) is 26.7 Å². The molecule has 1 atom stereocenters. The van der Waals surface area contributed by atoms with E-state index in [-0.39, 0.29) is 0 Å². The Hall–Kier alpha value is -0.630. The van der Waals surface area contributed by atoms with Crippen molar-refractivity contribution in [3.63, 3.8) is 0 Å². The largest absolute Gasteiger partial charge is 0.496 e. The molecule has 0 saturated heterocycles. The highest BCUT2D eigenvalue weighted by Gasteiger charge is 2.03. The van der Waals surface area contributed by atoms with E-state index in [1.54, 1.807) is 24.9 Å². The summed E-state index contributed by atoms with van der Waals surface area (Å²) in [6.07, 6.45) is 6.04. The van der Waals surface area contributed by atoms with E-state index in [0.29, 0.717) is 0 Å². The summed E-state index contributed by atoms with van der Waals surface area (Å²) in [6.45, 7) is 12.0. The van der Waals surface area contributed by atoms with E-state index < -0.39 is 0 Å². The minimum absolute atomic E-state index is 0.790. The zero-order chi connectivity index (χ0) is 11.7. The summed E-state index contributed by atoms with van der Waals surface area (Å²) in [4.78, 5) is 1.08. The van der Waals surface area contributed by atoms with E-state index in [0.717, 1.165) is 22.3 Å². The molecular formula is C13H22OS. The van der Waals surface area contributed by atoms with Gasteiger partial charge in [-0.25, -0.2) is 0 Å². The SMILES string of the molecule is C=CC(OC)=C(C=C)SCCC(C)CC. The van der Waals surface area contributed by atoms with E-state index in [4.69, 9.17) is 4.74 Å². The van der Waals surface area contributed by atoms with Crippen LogP contribution in [0.25, 0.3) is 0 Å². The number of rotatable bonds is 8. The summed E-state index contributed by atoms with van der Waals surface area (Å²) < 4.78 is 5.21. The Balaban J connectivity index is 4.16. The molecule has 0 saturated carbocycles. The first-order valence-electron chi connectivity index (χ1n) is 5.35. The fourth-order valence-corrected chi connectivity index (χ4v) is 2.26. The van der Waals surface area contributed by atoms with Crippen molar-refractivity contribution in [2.24, 2.45) is 5.92 Å². The highest BCUT2D eigenvalue weighted by molar-refractivity contribution is 8.03. The van der Waals surface area contributed by atoms with Crippen LogP contribution in [0.3, 0.4) is 0 Å². The second-order valence-electron chi connectivity index (χ2n) is 3.49. The van der Waals surface area contributed by atoms with Crippen LogP contribution in [-0.2, 0) is 4.74 Å². The van der Waals surface area contributed by atoms with Gasteiger partial charge in [-0.2, -0.15) is 0 Å². The predicted molar refractivity (Wildman–Crippen MR) is 71.0 cm³/mol. The molecule has 0 heterocycles. The van der Waals surface area contributed by atoms with Crippen molar-refractivity contribution in [2.75, 3.05) is 12.9 Å². The summed E-state index contributed by atoms with van der Waals surface area (Å²) >= 11 is 1.79. The Morgan fingerprint density at radius 3 is 2.47 bits per heavy atom. The molecule has 0 N–H and O–H groups in total. The molecule has 0 spiro atoms. The maximum atomic E-state index is 5.21. The Labute approximate surface area is 98.3 Å². The quantitative estimate of drug-likeness (QED) is 0.448. The molecule has 0 aliphatic carbocycles. The topological polar surface area (TPSA) is 9.23 Å². The normalized spacial score (nSPS) is 14.1. The summed E-state index contributed by atoms with van der Waals surface area (Å²) in [5.74, 6) is 2.72. The third-order valence-corrected chi connectivity index (χ3v) is 3.52. The van der Waals surface area contributed by atoms with E-state index in [2.05, 4.69) is 27.0 Å². The van der Waals surface area contributed by atoms with Gasteiger partial charge in [0.1, 0.15) is 5.76 Å². The highest BCUT2D eigenvalue weighted by atomic mass is 32.2. The molecular weight excluding hydrogens is 204 g/mol. The van der Waals surface area contributed by atoms with Crippen molar-refractivity contribution >= 4 is 11.8 Å². The second-order valence-corrected chi connectivity index (χ2v) is 4.63. The van der Waals surface area contributed by atoms with Crippen LogP contribution in [0.1, 0.15) is 26.7 Å². The lowest BCUT2D eigenvalue weighted by atomic mass is 10.1. The van der Waals surface area contributed by atoms with Gasteiger partial charge in [0.2, 0.25) is 0 Å². The molecule has 0 aromatic heterocycles. The fraction of sp³-hybridized carbons (Fsp3) is 0.538. The third-order valence-electron chi connectivity index (χ3n) is 2.40. The van der Waals surface area contributed by atoms with E-state index in [1.807, 2.05) is 6.08 Å². The molecule has 86 valence electrons. The number of hydrogen-bond donors (Lipinski definition) is 0. The smallest absolute Gasteiger partial charge is 0.131 e. The van der Waals surface area contributed by atoms with Crippen molar-refractivity contribution < 1.29 is 4.74 Å². The summed E-state index contributed by atoms with van der Waals surface area (Å²) in [5, 5.41) is 0. The highest BCUT2D eigenvalue weighted by Crippen LogP contribution is 2.24. The van der Waals surface area contributed by atoms with E-state index >= 15 is 0 Å². The first-order chi connectivity index (χ1) is 7.19. The Morgan fingerprint density at radius 2 is 2.07 bits per heavy atom. The van der Waals surface area contributed by atoms with Gasteiger partial charge in [-0.15, -0.1) is 11.8 Å². The molecule has 0 rings (SSSR count). The fourth-order valence-electron chi connectivity index (χ4n) is 1.09. The van der Waals surface area contributed by atoms with Crippen LogP contribution in [0.5, 0.6) is 0 Å². The Bertz CT molecular complexity index is 231. The van der Waals surface area contributed by atoms with Gasteiger partial charge in [-0.3, -0.25) is 0 Å². The number of allylic oxidation sites excluding steroid dienone is 2. The third kappa shape index (κ3) is 5.73. The molecule has 1 unspecified atom stereocenters. The van der Waals surface area contributed by atoms with Gasteiger partial charge in [-0.1, -0.05) is 39.5 Å². The maximum absolute atomic E-state index is 5.21. The molecule has 0 bridgehead atoms. The van der Waals surface area contributed by atoms with Gasteiger partial charge in [0.25, 0.3) is 0 Å². The maximum Gasteiger partial charge on any atom is 0.131 e. The molecule has 0 aliphatic rings. The van der Waals surface area contributed by atoms with Crippen LogP contribution in [0.2, 0.25) is 0 Å². The average molecular weight is 226 g/mol. The van der Waals surface area contributed by atoms with Gasteiger partial charge < -0.3 is 4.74 Å². The lowest BCUT2D eigenvalue weighted by Gasteiger charge is -2.10. The zero-order valence-electron chi connectivity index (χ0n) is 10.1. The van der Waals surface area contributed by atoms with Gasteiger partial charge in [0.15, 0.2) is 0 Å². The standard InChI is InChI=1S/C13H22OS/c1-6-11(4)9-10-15-13(8-3)12(7-2)14-5/h7-8,11H,2-3,6,9-10H2,1,4-5H3. The average Bonchev–Trinajstić information content (AvgIpc) is 2.27. The van der Waals surface area contributed by atoms with Gasteiger partial charge in [0.05, 0.1) is 7.11 Å². The molecule has 0 aromatic carbocycles. The van der Waals surface area contributed by atoms with Crippen LogP contribution in [0.15, 0.2) is 36.0 Å². The van der Waals surface area contributed by atoms with E-state index in [9.17, 15) is 0 Å². The lowest BCUT2D eigenvalue weighted by molar-refractivity contribution is 0.306. The lowest BCUT2D eigenvalue weighted by Crippen LogP contribution is -1.95. The molecule has 0 aliphatic heterocycles. The molecule has 15 heavy (non-hydrogen) atoms. The monoisotopic (exact) mass is 226 g/mol. The summed E-state index contributed by atoms with van der Waals surface area (Å²) in [5.41, 5.74) is 0. The van der Waals surface area contributed by atoms with Crippen LogP contribution < -0.4 is 0 Å². The Morgan fingerprint density at radius 1 is 1.40 bits per heavy atom. The molecule has 0 radical (unpaired) electrons. The number of thioether (sulfide) groups is 1. The van der Waals surface area contributed by atoms with Gasteiger partial charge in [-0.05, 0) is 24.2 Å². The van der Waals surface area contributed by atoms with Gasteiger partial charge in [0, 0.05) is 4.91 Å². The second kappa shape index (κ2) is 8.66. The molecule has 0 aromatic rings. The molecule has 2 heteroatoms. The van der Waals surface area contributed by atoms with Crippen molar-refractivity contribution in [3.8, 4) is 0 Å². The van der Waals surface area contributed by atoms with Crippen molar-refractivity contribution in [1.82, 2.24) is 0 Å². The minimum Gasteiger partial charge on any atom is -0.496 e. The predicted octanol–water partition coefficient (Wildman–Crippen LogP) is 4.39. The minimum atomic E-state index is 0.790. The number of ether oxygens (including phenoxy) is 1. The number of hydrogen-bond acceptors (Lipinski definition) is 2. The first-order valence-corrected chi connectivity index (χ1v) is 6.34. The number of methoxy groups -OCH3 is 1. The van der Waals surface area contributed by atoms with Crippen LogP contribution in [-0.4, -0.2) is 12.9 Å².